The molecule has 0 heterocycles. The van der Waals surface area contributed by atoms with Gasteiger partial charge in [-0.3, -0.25) is 0 Å². The minimum absolute atomic E-state index is 0.188. The predicted molar refractivity (Wildman–Crippen MR) is 58.6 cm³/mol. The van der Waals surface area contributed by atoms with Crippen molar-refractivity contribution in [3.8, 4) is 0 Å². The summed E-state index contributed by atoms with van der Waals surface area (Å²) in [6, 6.07) is 0. The molecule has 0 radical (unpaired) electrons. The molecule has 2 saturated carbocycles. The van der Waals surface area contributed by atoms with Crippen molar-refractivity contribution in [3.05, 3.63) is 0 Å². The van der Waals surface area contributed by atoms with Crippen molar-refractivity contribution in [1.82, 2.24) is 5.32 Å². The van der Waals surface area contributed by atoms with E-state index in [4.69, 9.17) is 0 Å². The van der Waals surface area contributed by atoms with E-state index in [9.17, 15) is 18.3 Å². The second-order valence-electron chi connectivity index (χ2n) is 5.60. The van der Waals surface area contributed by atoms with Gasteiger partial charge in [0, 0.05) is 5.54 Å². The summed E-state index contributed by atoms with van der Waals surface area (Å²) in [5.74, 6) is 1.21. The van der Waals surface area contributed by atoms with Crippen molar-refractivity contribution >= 4 is 0 Å². The number of nitrogens with one attached hydrogen (secondary N) is 1. The van der Waals surface area contributed by atoms with Gasteiger partial charge in [-0.25, -0.2) is 0 Å². The molecule has 0 aromatic carbocycles. The van der Waals surface area contributed by atoms with Gasteiger partial charge in [-0.2, -0.15) is 13.2 Å². The minimum Gasteiger partial charge on any atom is -0.394 e. The fourth-order valence-electron chi connectivity index (χ4n) is 3.03. The van der Waals surface area contributed by atoms with E-state index in [1.807, 2.05) is 0 Å². The molecule has 2 unspecified atom stereocenters. The first-order valence-corrected chi connectivity index (χ1v) is 6.37. The largest absolute Gasteiger partial charge is 0.401 e. The summed E-state index contributed by atoms with van der Waals surface area (Å²) in [5, 5.41) is 12.0. The topological polar surface area (TPSA) is 32.3 Å². The molecule has 0 bridgehead atoms. The summed E-state index contributed by atoms with van der Waals surface area (Å²) in [6.45, 7) is -1.18. The van der Waals surface area contributed by atoms with Crippen LogP contribution in [0.15, 0.2) is 0 Å². The maximum atomic E-state index is 12.2. The van der Waals surface area contributed by atoms with Crippen molar-refractivity contribution in [1.29, 1.82) is 0 Å². The maximum Gasteiger partial charge on any atom is 0.401 e. The van der Waals surface area contributed by atoms with Crippen LogP contribution < -0.4 is 5.32 Å². The Labute approximate surface area is 99.6 Å². The maximum absolute atomic E-state index is 12.2. The van der Waals surface area contributed by atoms with Gasteiger partial charge < -0.3 is 10.4 Å². The third-order valence-electron chi connectivity index (χ3n) is 4.14. The summed E-state index contributed by atoms with van der Waals surface area (Å²) in [4.78, 5) is 0. The van der Waals surface area contributed by atoms with E-state index < -0.39 is 18.3 Å². The third-order valence-corrected chi connectivity index (χ3v) is 4.14. The molecular weight excluding hydrogens is 231 g/mol. The lowest BCUT2D eigenvalue weighted by Gasteiger charge is -2.41. The van der Waals surface area contributed by atoms with Gasteiger partial charge in [0.15, 0.2) is 0 Å². The Morgan fingerprint density at radius 2 is 1.88 bits per heavy atom. The molecular formula is C12H20F3NO. The molecule has 17 heavy (non-hydrogen) atoms. The Bertz CT molecular complexity index is 265. The molecule has 5 heteroatoms. The van der Waals surface area contributed by atoms with Crippen LogP contribution in [0.4, 0.5) is 13.2 Å². The van der Waals surface area contributed by atoms with Gasteiger partial charge in [0.1, 0.15) is 0 Å². The second kappa shape index (κ2) is 4.76. The van der Waals surface area contributed by atoms with Crippen LogP contribution in [0.5, 0.6) is 0 Å². The summed E-state index contributed by atoms with van der Waals surface area (Å²) >= 11 is 0. The normalized spacial score (nSPS) is 34.9. The number of aliphatic hydroxyl groups excluding tert-OH is 1. The van der Waals surface area contributed by atoms with Gasteiger partial charge in [-0.05, 0) is 37.5 Å². The highest BCUT2D eigenvalue weighted by Gasteiger charge is 2.43. The molecule has 2 atom stereocenters. The number of hydrogen-bond acceptors (Lipinski definition) is 2. The van der Waals surface area contributed by atoms with Gasteiger partial charge in [-0.15, -0.1) is 0 Å². The van der Waals surface area contributed by atoms with Crippen LogP contribution in [-0.2, 0) is 0 Å². The highest BCUT2D eigenvalue weighted by atomic mass is 19.4. The third kappa shape index (κ3) is 3.58. The molecule has 0 aromatic heterocycles. The summed E-state index contributed by atoms with van der Waals surface area (Å²) in [5.41, 5.74) is -0.693. The van der Waals surface area contributed by atoms with E-state index >= 15 is 0 Å². The first-order chi connectivity index (χ1) is 7.94. The second-order valence-corrected chi connectivity index (χ2v) is 5.60. The van der Waals surface area contributed by atoms with Crippen LogP contribution >= 0.6 is 0 Å². The standard InChI is InChI=1S/C12H20F3NO/c13-12(14,15)7-16-11(8-17)5-1-2-10(6-11)9-3-4-9/h9-10,16-17H,1-8H2. The zero-order valence-corrected chi connectivity index (χ0v) is 9.89. The van der Waals surface area contributed by atoms with Crippen LogP contribution in [0.25, 0.3) is 0 Å². The molecule has 100 valence electrons. The lowest BCUT2D eigenvalue weighted by molar-refractivity contribution is -0.131. The Balaban J connectivity index is 1.92. The molecule has 2 aliphatic rings. The summed E-state index contributed by atoms with van der Waals surface area (Å²) in [7, 11) is 0. The molecule has 0 aliphatic heterocycles. The minimum atomic E-state index is -4.20. The fraction of sp³-hybridized carbons (Fsp3) is 1.00. The lowest BCUT2D eigenvalue weighted by atomic mass is 9.74. The van der Waals surface area contributed by atoms with E-state index in [1.165, 1.54) is 12.8 Å². The van der Waals surface area contributed by atoms with E-state index in [2.05, 4.69) is 5.32 Å². The average Bonchev–Trinajstić information content (AvgIpc) is 3.10. The van der Waals surface area contributed by atoms with Gasteiger partial charge in [0.25, 0.3) is 0 Å². The number of alkyl halides is 3. The highest BCUT2D eigenvalue weighted by molar-refractivity contribution is 4.97. The van der Waals surface area contributed by atoms with E-state index in [0.717, 1.165) is 12.8 Å². The van der Waals surface area contributed by atoms with Crippen molar-refractivity contribution in [2.45, 2.75) is 50.2 Å². The van der Waals surface area contributed by atoms with Gasteiger partial charge in [-0.1, -0.05) is 12.8 Å². The number of aliphatic hydroxyl groups is 1. The van der Waals surface area contributed by atoms with Crippen LogP contribution in [0.2, 0.25) is 0 Å². The van der Waals surface area contributed by atoms with Crippen molar-refractivity contribution in [2.75, 3.05) is 13.2 Å². The lowest BCUT2D eigenvalue weighted by Crippen LogP contribution is -2.54. The Hall–Kier alpha value is -0.290. The Kier molecular flexibility index (Phi) is 3.69. The molecule has 0 spiro atoms. The van der Waals surface area contributed by atoms with Crippen LogP contribution in [-0.4, -0.2) is 30.0 Å². The predicted octanol–water partition coefficient (Wildman–Crippen LogP) is 2.47. The number of hydrogen-bond donors (Lipinski definition) is 2. The SMILES string of the molecule is OCC1(NCC(F)(F)F)CCCC(C2CC2)C1. The Morgan fingerprint density at radius 3 is 2.41 bits per heavy atom. The number of rotatable bonds is 4. The van der Waals surface area contributed by atoms with Crippen molar-refractivity contribution in [3.63, 3.8) is 0 Å². The molecule has 2 rings (SSSR count). The van der Waals surface area contributed by atoms with Crippen molar-refractivity contribution < 1.29 is 18.3 Å². The summed E-state index contributed by atoms with van der Waals surface area (Å²) in [6.07, 6.45) is 1.62. The van der Waals surface area contributed by atoms with Gasteiger partial charge >= 0.3 is 6.18 Å². The average molecular weight is 251 g/mol. The zero-order valence-electron chi connectivity index (χ0n) is 9.89. The summed E-state index contributed by atoms with van der Waals surface area (Å²) < 4.78 is 36.7. The molecule has 0 amide bonds. The Morgan fingerprint density at radius 1 is 1.18 bits per heavy atom. The van der Waals surface area contributed by atoms with Crippen LogP contribution in [0.1, 0.15) is 38.5 Å². The fourth-order valence-corrected chi connectivity index (χ4v) is 3.03. The smallest absolute Gasteiger partial charge is 0.394 e. The molecule has 2 N–H and O–H groups in total. The van der Waals surface area contributed by atoms with Crippen LogP contribution in [0.3, 0.4) is 0 Å². The van der Waals surface area contributed by atoms with Gasteiger partial charge in [0.2, 0.25) is 0 Å². The molecule has 0 aromatic rings. The van der Waals surface area contributed by atoms with E-state index in [1.54, 1.807) is 0 Å². The van der Waals surface area contributed by atoms with Gasteiger partial charge in [0.05, 0.1) is 13.2 Å². The first-order valence-electron chi connectivity index (χ1n) is 6.37. The molecule has 2 nitrogen and oxygen atoms in total. The molecule has 2 fully saturated rings. The zero-order chi connectivity index (χ0) is 12.5. The van der Waals surface area contributed by atoms with E-state index in [-0.39, 0.29) is 6.61 Å². The molecule has 0 saturated heterocycles. The number of halogens is 3. The highest BCUT2D eigenvalue weighted by Crippen LogP contribution is 2.46. The monoisotopic (exact) mass is 251 g/mol. The van der Waals surface area contributed by atoms with E-state index in [0.29, 0.717) is 24.7 Å². The van der Waals surface area contributed by atoms with Crippen molar-refractivity contribution in [2.24, 2.45) is 11.8 Å². The van der Waals surface area contributed by atoms with Crippen LogP contribution in [0, 0.1) is 11.8 Å². The molecule has 2 aliphatic carbocycles. The quantitative estimate of drug-likeness (QED) is 0.804. The first kappa shape index (κ1) is 13.1.